The van der Waals surface area contributed by atoms with Crippen LogP contribution in [0.15, 0.2) is 77.7 Å². The second-order valence-corrected chi connectivity index (χ2v) is 7.83. The van der Waals surface area contributed by atoms with Gasteiger partial charge in [-0.25, -0.2) is 4.79 Å². The van der Waals surface area contributed by atoms with E-state index in [1.165, 1.54) is 24.3 Å². The lowest BCUT2D eigenvalue weighted by atomic mass is 10.1. The highest BCUT2D eigenvalue weighted by atomic mass is 35.5. The Morgan fingerprint density at radius 1 is 0.871 bits per heavy atom. The molecule has 0 aliphatic heterocycles. The molecule has 0 bridgehead atoms. The van der Waals surface area contributed by atoms with Gasteiger partial charge in [-0.1, -0.05) is 23.7 Å². The predicted molar refractivity (Wildman–Crippen MR) is 115 cm³/mol. The number of alkyl halides is 2. The number of esters is 1. The average molecular weight is 463 g/mol. The van der Waals surface area contributed by atoms with Crippen LogP contribution in [0.25, 0.3) is 0 Å². The summed E-state index contributed by atoms with van der Waals surface area (Å²) in [6.07, 6.45) is 0. The highest BCUT2D eigenvalue weighted by Crippen LogP contribution is 2.24. The van der Waals surface area contributed by atoms with Crippen molar-refractivity contribution in [1.82, 2.24) is 0 Å². The van der Waals surface area contributed by atoms with E-state index in [0.29, 0.717) is 10.6 Å². The summed E-state index contributed by atoms with van der Waals surface area (Å²) < 4.78 is 33.6. The first-order valence-electron chi connectivity index (χ1n) is 9.13. The van der Waals surface area contributed by atoms with Gasteiger partial charge in [0.2, 0.25) is 0 Å². The number of rotatable bonds is 9. The minimum Gasteiger partial charge on any atom is -0.454 e. The van der Waals surface area contributed by atoms with Gasteiger partial charge in [-0.3, -0.25) is 4.79 Å². The van der Waals surface area contributed by atoms with Crippen LogP contribution < -0.4 is 4.74 Å². The Bertz CT molecular complexity index is 1020. The number of ketones is 1. The number of thioether (sulfide) groups is 1. The fourth-order valence-electron chi connectivity index (χ4n) is 2.55. The Morgan fingerprint density at radius 2 is 1.48 bits per heavy atom. The molecule has 0 heterocycles. The molecule has 0 aromatic heterocycles. The molecule has 3 rings (SSSR count). The Labute approximate surface area is 187 Å². The molecule has 0 N–H and O–H groups in total. The summed E-state index contributed by atoms with van der Waals surface area (Å²) in [5.74, 6) is -0.408. The zero-order chi connectivity index (χ0) is 22.2. The third-order valence-corrected chi connectivity index (χ3v) is 5.48. The van der Waals surface area contributed by atoms with Gasteiger partial charge < -0.3 is 9.47 Å². The van der Waals surface area contributed by atoms with Crippen molar-refractivity contribution in [2.75, 3.05) is 6.61 Å². The maximum atomic E-state index is 12.2. The summed E-state index contributed by atoms with van der Waals surface area (Å²) >= 11 is 7.52. The van der Waals surface area contributed by atoms with Crippen molar-refractivity contribution in [3.8, 4) is 5.75 Å². The standard InChI is InChI=1S/C23H17ClF2O4S/c24-18-7-11-20(12-8-18)31-14-15-1-3-17(4-2-15)22(28)29-13-21(27)16-5-9-19(10-6-16)30-23(25)26/h1-12,23H,13-14H2. The number of benzene rings is 3. The second kappa shape index (κ2) is 10.9. The highest BCUT2D eigenvalue weighted by Gasteiger charge is 2.13. The molecule has 0 aliphatic rings. The van der Waals surface area contributed by atoms with Crippen LogP contribution in [-0.4, -0.2) is 25.0 Å². The number of Topliss-reactive ketones (excluding diaryl/α,β-unsaturated/α-hetero) is 1. The van der Waals surface area contributed by atoms with Gasteiger partial charge in [0.15, 0.2) is 12.4 Å². The van der Waals surface area contributed by atoms with E-state index < -0.39 is 25.0 Å². The molecule has 0 atom stereocenters. The first-order chi connectivity index (χ1) is 14.9. The number of ether oxygens (including phenoxy) is 2. The quantitative estimate of drug-likeness (QED) is 0.213. The van der Waals surface area contributed by atoms with Gasteiger partial charge >= 0.3 is 12.6 Å². The first kappa shape index (κ1) is 22.8. The zero-order valence-corrected chi connectivity index (χ0v) is 17.7. The Kier molecular flexibility index (Phi) is 8.03. The summed E-state index contributed by atoms with van der Waals surface area (Å²) in [4.78, 5) is 25.4. The number of halogens is 3. The topological polar surface area (TPSA) is 52.6 Å². The Hall–Kier alpha value is -2.90. The predicted octanol–water partition coefficient (Wildman–Crippen LogP) is 6.27. The normalized spacial score (nSPS) is 10.7. The number of carbonyl (C=O) groups is 2. The lowest BCUT2D eigenvalue weighted by Gasteiger charge is -2.07. The van der Waals surface area contributed by atoms with E-state index in [1.807, 2.05) is 36.4 Å². The molecule has 4 nitrogen and oxygen atoms in total. The molecule has 0 unspecified atom stereocenters. The fraction of sp³-hybridized carbons (Fsp3) is 0.130. The molecule has 0 fully saturated rings. The van der Waals surface area contributed by atoms with Crippen LogP contribution >= 0.6 is 23.4 Å². The van der Waals surface area contributed by atoms with E-state index in [9.17, 15) is 18.4 Å². The molecule has 31 heavy (non-hydrogen) atoms. The number of hydrogen-bond acceptors (Lipinski definition) is 5. The van der Waals surface area contributed by atoms with Crippen molar-refractivity contribution >= 4 is 35.1 Å². The van der Waals surface area contributed by atoms with Gasteiger partial charge in [-0.15, -0.1) is 11.8 Å². The zero-order valence-electron chi connectivity index (χ0n) is 16.1. The van der Waals surface area contributed by atoms with Gasteiger partial charge in [0.25, 0.3) is 0 Å². The van der Waals surface area contributed by atoms with E-state index in [4.69, 9.17) is 16.3 Å². The summed E-state index contributed by atoms with van der Waals surface area (Å²) in [7, 11) is 0. The van der Waals surface area contributed by atoms with Crippen molar-refractivity contribution < 1.29 is 27.8 Å². The number of carbonyl (C=O) groups excluding carboxylic acids is 2. The van der Waals surface area contributed by atoms with Gasteiger partial charge in [0, 0.05) is 21.2 Å². The molecule has 3 aromatic rings. The monoisotopic (exact) mass is 462 g/mol. The molecule has 0 aliphatic carbocycles. The summed E-state index contributed by atoms with van der Waals surface area (Å²) in [5, 5.41) is 0.684. The summed E-state index contributed by atoms with van der Waals surface area (Å²) in [6.45, 7) is -3.40. The third-order valence-electron chi connectivity index (χ3n) is 4.14. The molecule has 3 aromatic carbocycles. The number of hydrogen-bond donors (Lipinski definition) is 0. The molecule has 0 spiro atoms. The van der Waals surface area contributed by atoms with Crippen LogP contribution in [0, 0.1) is 0 Å². The van der Waals surface area contributed by atoms with Gasteiger partial charge in [-0.2, -0.15) is 8.78 Å². The first-order valence-corrected chi connectivity index (χ1v) is 10.5. The van der Waals surface area contributed by atoms with Crippen molar-refractivity contribution in [3.63, 3.8) is 0 Å². The molecular formula is C23H17ClF2O4S. The van der Waals surface area contributed by atoms with Gasteiger partial charge in [0.1, 0.15) is 5.75 Å². The van der Waals surface area contributed by atoms with Crippen molar-refractivity contribution in [2.45, 2.75) is 17.3 Å². The minimum absolute atomic E-state index is 0.0575. The molecule has 8 heteroatoms. The maximum absolute atomic E-state index is 12.2. The summed E-state index contributed by atoms with van der Waals surface area (Å²) in [6, 6.07) is 19.6. The van der Waals surface area contributed by atoms with E-state index >= 15 is 0 Å². The third kappa shape index (κ3) is 7.08. The Balaban J connectivity index is 1.48. The van der Waals surface area contributed by atoms with Gasteiger partial charge in [0.05, 0.1) is 5.56 Å². The van der Waals surface area contributed by atoms with Crippen LogP contribution in [-0.2, 0) is 10.5 Å². The Morgan fingerprint density at radius 3 is 2.10 bits per heavy atom. The van der Waals surface area contributed by atoms with Crippen LogP contribution in [0.2, 0.25) is 5.02 Å². The van der Waals surface area contributed by atoms with Crippen LogP contribution in [0.4, 0.5) is 8.78 Å². The highest BCUT2D eigenvalue weighted by molar-refractivity contribution is 7.98. The fourth-order valence-corrected chi connectivity index (χ4v) is 3.53. The van der Waals surface area contributed by atoms with Crippen molar-refractivity contribution in [1.29, 1.82) is 0 Å². The molecule has 0 amide bonds. The molecule has 0 saturated carbocycles. The molecule has 0 radical (unpaired) electrons. The van der Waals surface area contributed by atoms with E-state index in [1.54, 1.807) is 23.9 Å². The van der Waals surface area contributed by atoms with Crippen LogP contribution in [0.1, 0.15) is 26.3 Å². The van der Waals surface area contributed by atoms with Crippen LogP contribution in [0.5, 0.6) is 5.75 Å². The SMILES string of the molecule is O=C(COC(=O)c1ccc(CSc2ccc(Cl)cc2)cc1)c1ccc(OC(F)F)cc1. The largest absolute Gasteiger partial charge is 0.454 e. The van der Waals surface area contributed by atoms with E-state index in [0.717, 1.165) is 16.2 Å². The smallest absolute Gasteiger partial charge is 0.387 e. The lowest BCUT2D eigenvalue weighted by Crippen LogP contribution is -2.14. The molecule has 160 valence electrons. The molecule has 0 saturated heterocycles. The van der Waals surface area contributed by atoms with Crippen LogP contribution in [0.3, 0.4) is 0 Å². The average Bonchev–Trinajstić information content (AvgIpc) is 2.77. The summed E-state index contributed by atoms with van der Waals surface area (Å²) in [5.41, 5.74) is 1.58. The van der Waals surface area contributed by atoms with Gasteiger partial charge in [-0.05, 0) is 66.2 Å². The van der Waals surface area contributed by atoms with Crippen molar-refractivity contribution in [2.24, 2.45) is 0 Å². The molecular weight excluding hydrogens is 446 g/mol. The van der Waals surface area contributed by atoms with Crippen molar-refractivity contribution in [3.05, 3.63) is 94.5 Å². The maximum Gasteiger partial charge on any atom is 0.387 e. The van der Waals surface area contributed by atoms with E-state index in [-0.39, 0.29) is 11.3 Å². The minimum atomic E-state index is -2.94. The second-order valence-electron chi connectivity index (χ2n) is 6.34. The lowest BCUT2D eigenvalue weighted by molar-refractivity contribution is -0.0498. The van der Waals surface area contributed by atoms with E-state index in [2.05, 4.69) is 4.74 Å².